The Morgan fingerprint density at radius 1 is 1.23 bits per heavy atom. The summed E-state index contributed by atoms with van der Waals surface area (Å²) in [5.41, 5.74) is 3.58. The Morgan fingerprint density at radius 2 is 2.00 bits per heavy atom. The third-order valence-electron chi connectivity index (χ3n) is 3.70. The average molecular weight is 390 g/mol. The van der Waals surface area contributed by atoms with Gasteiger partial charge in [-0.1, -0.05) is 41.4 Å². The number of hydrogen-bond donors (Lipinski definition) is 2. The van der Waals surface area contributed by atoms with Crippen molar-refractivity contribution in [3.8, 4) is 10.6 Å². The van der Waals surface area contributed by atoms with Crippen molar-refractivity contribution in [3.05, 3.63) is 69.9 Å². The fourth-order valence-electron chi connectivity index (χ4n) is 2.31. The summed E-state index contributed by atoms with van der Waals surface area (Å²) in [7, 11) is 0. The normalized spacial score (nSPS) is 10.6. The number of aromatic nitrogens is 1. The van der Waals surface area contributed by atoms with E-state index in [1.807, 2.05) is 12.3 Å². The van der Waals surface area contributed by atoms with Crippen molar-refractivity contribution in [2.24, 2.45) is 0 Å². The van der Waals surface area contributed by atoms with E-state index in [9.17, 15) is 9.18 Å². The molecule has 3 rings (SSSR count). The van der Waals surface area contributed by atoms with Crippen LogP contribution in [0.1, 0.15) is 11.3 Å². The van der Waals surface area contributed by atoms with E-state index in [2.05, 4.69) is 39.9 Å². The Hall–Kier alpha value is -2.44. The number of amides is 2. The quantitative estimate of drug-likeness (QED) is 0.624. The summed E-state index contributed by atoms with van der Waals surface area (Å²) in [6, 6.07) is 11.6. The van der Waals surface area contributed by atoms with E-state index in [0.29, 0.717) is 18.7 Å². The van der Waals surface area contributed by atoms with Crippen molar-refractivity contribution in [1.82, 2.24) is 10.3 Å². The lowest BCUT2D eigenvalue weighted by Crippen LogP contribution is -2.30. The zero-order valence-corrected chi connectivity index (χ0v) is 15.6. The van der Waals surface area contributed by atoms with E-state index < -0.39 is 11.8 Å². The SMILES string of the molecule is Cc1ccc(-c2nc(CCNC(=O)Nc3ccc(F)cc3Cl)cs2)cc1. The minimum atomic E-state index is -0.450. The number of benzene rings is 2. The van der Waals surface area contributed by atoms with E-state index in [-0.39, 0.29) is 5.02 Å². The number of hydrogen-bond acceptors (Lipinski definition) is 3. The van der Waals surface area contributed by atoms with Crippen molar-refractivity contribution in [2.45, 2.75) is 13.3 Å². The molecule has 0 saturated heterocycles. The van der Waals surface area contributed by atoms with Gasteiger partial charge in [-0.2, -0.15) is 0 Å². The van der Waals surface area contributed by atoms with Crippen LogP contribution in [0.15, 0.2) is 47.8 Å². The van der Waals surface area contributed by atoms with Crippen molar-refractivity contribution in [3.63, 3.8) is 0 Å². The maximum atomic E-state index is 13.0. The van der Waals surface area contributed by atoms with Crippen LogP contribution in [0.2, 0.25) is 5.02 Å². The molecule has 0 aliphatic carbocycles. The third-order valence-corrected chi connectivity index (χ3v) is 4.95. The van der Waals surface area contributed by atoms with Crippen molar-refractivity contribution in [2.75, 3.05) is 11.9 Å². The first-order valence-electron chi connectivity index (χ1n) is 8.02. The second-order valence-electron chi connectivity index (χ2n) is 5.77. The standard InChI is InChI=1S/C19H17ClFN3OS/c1-12-2-4-13(5-3-12)18-23-15(11-26-18)8-9-22-19(25)24-17-7-6-14(21)10-16(17)20/h2-7,10-11H,8-9H2,1H3,(H2,22,24,25). The van der Waals surface area contributed by atoms with Crippen LogP contribution in [0.3, 0.4) is 0 Å². The summed E-state index contributed by atoms with van der Waals surface area (Å²) in [5.74, 6) is -0.450. The largest absolute Gasteiger partial charge is 0.337 e. The molecule has 26 heavy (non-hydrogen) atoms. The molecule has 7 heteroatoms. The van der Waals surface area contributed by atoms with Gasteiger partial charge in [0, 0.05) is 23.9 Å². The summed E-state index contributed by atoms with van der Waals surface area (Å²) < 4.78 is 13.0. The van der Waals surface area contributed by atoms with Crippen LogP contribution in [-0.4, -0.2) is 17.6 Å². The summed E-state index contributed by atoms with van der Waals surface area (Å²) in [6.45, 7) is 2.48. The van der Waals surface area contributed by atoms with Crippen molar-refractivity contribution < 1.29 is 9.18 Å². The third kappa shape index (κ3) is 4.80. The molecule has 1 aromatic heterocycles. The predicted molar refractivity (Wildman–Crippen MR) is 104 cm³/mol. The molecule has 0 bridgehead atoms. The van der Waals surface area contributed by atoms with Gasteiger partial charge in [0.05, 0.1) is 16.4 Å². The molecule has 4 nitrogen and oxygen atoms in total. The van der Waals surface area contributed by atoms with Crippen LogP contribution in [0, 0.1) is 12.7 Å². The Labute approximate surface area is 160 Å². The van der Waals surface area contributed by atoms with Gasteiger partial charge in [0.15, 0.2) is 0 Å². The van der Waals surface area contributed by atoms with Gasteiger partial charge in [-0.15, -0.1) is 11.3 Å². The lowest BCUT2D eigenvalue weighted by molar-refractivity contribution is 0.252. The van der Waals surface area contributed by atoms with Gasteiger partial charge in [0.25, 0.3) is 0 Å². The number of carbonyl (C=O) groups is 1. The molecule has 2 amide bonds. The molecule has 0 saturated carbocycles. The van der Waals surface area contributed by atoms with Gasteiger partial charge in [-0.05, 0) is 25.1 Å². The Morgan fingerprint density at radius 3 is 2.73 bits per heavy atom. The number of rotatable bonds is 5. The van der Waals surface area contributed by atoms with Gasteiger partial charge in [-0.25, -0.2) is 14.2 Å². The highest BCUT2D eigenvalue weighted by Gasteiger charge is 2.08. The molecule has 0 unspecified atom stereocenters. The molecule has 0 atom stereocenters. The van der Waals surface area contributed by atoms with Crippen molar-refractivity contribution >= 4 is 34.7 Å². The fourth-order valence-corrected chi connectivity index (χ4v) is 3.39. The van der Waals surface area contributed by atoms with Crippen LogP contribution < -0.4 is 10.6 Å². The van der Waals surface area contributed by atoms with Gasteiger partial charge in [-0.3, -0.25) is 0 Å². The summed E-state index contributed by atoms with van der Waals surface area (Å²) in [6.07, 6.45) is 0.618. The van der Waals surface area contributed by atoms with E-state index in [1.54, 1.807) is 11.3 Å². The first-order chi connectivity index (χ1) is 12.5. The molecule has 0 aliphatic heterocycles. The van der Waals surface area contributed by atoms with Gasteiger partial charge >= 0.3 is 6.03 Å². The van der Waals surface area contributed by atoms with E-state index in [4.69, 9.17) is 11.6 Å². The van der Waals surface area contributed by atoms with Gasteiger partial charge < -0.3 is 10.6 Å². The molecule has 1 heterocycles. The fraction of sp³-hybridized carbons (Fsp3) is 0.158. The first kappa shape index (κ1) is 18.4. The van der Waals surface area contributed by atoms with E-state index >= 15 is 0 Å². The number of halogens is 2. The van der Waals surface area contributed by atoms with E-state index in [1.165, 1.54) is 17.7 Å². The Kier molecular flexibility index (Phi) is 5.85. The molecular weight excluding hydrogens is 373 g/mol. The maximum Gasteiger partial charge on any atom is 0.319 e. The number of anilines is 1. The average Bonchev–Trinajstić information content (AvgIpc) is 3.07. The van der Waals surface area contributed by atoms with Crippen LogP contribution in [-0.2, 0) is 6.42 Å². The van der Waals surface area contributed by atoms with Gasteiger partial charge in [0.1, 0.15) is 10.8 Å². The molecule has 0 spiro atoms. The Balaban J connectivity index is 1.50. The highest BCUT2D eigenvalue weighted by Crippen LogP contribution is 2.24. The van der Waals surface area contributed by atoms with Crippen LogP contribution >= 0.6 is 22.9 Å². The smallest absolute Gasteiger partial charge is 0.319 e. The minimum Gasteiger partial charge on any atom is -0.337 e. The second-order valence-corrected chi connectivity index (χ2v) is 7.03. The number of aryl methyl sites for hydroxylation is 1. The topological polar surface area (TPSA) is 54.0 Å². The van der Waals surface area contributed by atoms with Crippen molar-refractivity contribution in [1.29, 1.82) is 0 Å². The highest BCUT2D eigenvalue weighted by molar-refractivity contribution is 7.13. The molecule has 0 aliphatic rings. The Bertz CT molecular complexity index is 911. The molecule has 2 N–H and O–H groups in total. The number of nitrogens with zero attached hydrogens (tertiary/aromatic N) is 1. The number of thiazole rings is 1. The highest BCUT2D eigenvalue weighted by atomic mass is 35.5. The van der Waals surface area contributed by atoms with E-state index in [0.717, 1.165) is 22.3 Å². The lowest BCUT2D eigenvalue weighted by atomic mass is 10.2. The number of urea groups is 1. The monoisotopic (exact) mass is 389 g/mol. The van der Waals surface area contributed by atoms with Crippen LogP contribution in [0.4, 0.5) is 14.9 Å². The number of carbonyl (C=O) groups excluding carboxylic acids is 1. The molecule has 0 radical (unpaired) electrons. The lowest BCUT2D eigenvalue weighted by Gasteiger charge is -2.08. The van der Waals surface area contributed by atoms with Crippen LogP contribution in [0.5, 0.6) is 0 Å². The summed E-state index contributed by atoms with van der Waals surface area (Å²) in [4.78, 5) is 16.5. The minimum absolute atomic E-state index is 0.155. The second kappa shape index (κ2) is 8.29. The molecule has 0 fully saturated rings. The van der Waals surface area contributed by atoms with Crippen LogP contribution in [0.25, 0.3) is 10.6 Å². The van der Waals surface area contributed by atoms with Gasteiger partial charge in [0.2, 0.25) is 0 Å². The zero-order valence-electron chi connectivity index (χ0n) is 14.1. The zero-order chi connectivity index (χ0) is 18.5. The predicted octanol–water partition coefficient (Wildman–Crippen LogP) is 5.28. The molecular formula is C19H17ClFN3OS. The number of nitrogens with one attached hydrogen (secondary N) is 2. The summed E-state index contributed by atoms with van der Waals surface area (Å²) >= 11 is 7.46. The summed E-state index contributed by atoms with van der Waals surface area (Å²) in [5, 5.41) is 8.44. The molecule has 2 aromatic carbocycles. The molecule has 134 valence electrons. The molecule has 3 aromatic rings. The maximum absolute atomic E-state index is 13.0. The first-order valence-corrected chi connectivity index (χ1v) is 9.28.